The van der Waals surface area contributed by atoms with E-state index in [-0.39, 0.29) is 11.5 Å². The molecule has 2 saturated carbocycles. The van der Waals surface area contributed by atoms with Crippen LogP contribution in [0.4, 0.5) is 8.78 Å². The predicted molar refractivity (Wildman–Crippen MR) is 97.4 cm³/mol. The number of aryl methyl sites for hydroxylation is 1. The molecule has 4 nitrogen and oxygen atoms in total. The van der Waals surface area contributed by atoms with Crippen LogP contribution in [0.15, 0.2) is 24.3 Å². The molecule has 1 aromatic heterocycles. The van der Waals surface area contributed by atoms with Crippen molar-refractivity contribution in [1.82, 2.24) is 14.5 Å². The van der Waals surface area contributed by atoms with Gasteiger partial charge < -0.3 is 9.47 Å². The number of carbonyl (C=O) groups is 1. The molecular formula is C21H23F2N3O. The molecule has 0 bridgehead atoms. The Labute approximate surface area is 157 Å². The first-order chi connectivity index (χ1) is 12.8. The fourth-order valence-corrected chi connectivity index (χ4v) is 4.06. The number of nitrogens with zero attached hydrogens (tertiary/aromatic N) is 3. The molecule has 1 amide bonds. The lowest BCUT2D eigenvalue weighted by atomic mass is 9.92. The molecule has 1 aromatic carbocycles. The summed E-state index contributed by atoms with van der Waals surface area (Å²) in [5, 5.41) is 0. The van der Waals surface area contributed by atoms with E-state index in [4.69, 9.17) is 0 Å². The van der Waals surface area contributed by atoms with Gasteiger partial charge in [-0.05, 0) is 38.5 Å². The number of alkyl halides is 2. The van der Waals surface area contributed by atoms with E-state index >= 15 is 0 Å². The normalized spacial score (nSPS) is 20.9. The third-order valence-corrected chi connectivity index (χ3v) is 6.39. The zero-order chi connectivity index (χ0) is 19.0. The Morgan fingerprint density at radius 1 is 1.22 bits per heavy atom. The van der Waals surface area contributed by atoms with Gasteiger partial charge in [0, 0.05) is 23.1 Å². The Morgan fingerprint density at radius 2 is 1.89 bits per heavy atom. The maximum atomic E-state index is 14.7. The minimum atomic E-state index is -2.81. The van der Waals surface area contributed by atoms with E-state index in [9.17, 15) is 13.6 Å². The molecule has 0 atom stereocenters. The molecular weight excluding hydrogens is 348 g/mol. The Kier molecular flexibility index (Phi) is 3.38. The monoisotopic (exact) mass is 371 g/mol. The van der Waals surface area contributed by atoms with Crippen LogP contribution in [0.1, 0.15) is 54.5 Å². The van der Waals surface area contributed by atoms with Crippen molar-refractivity contribution in [2.24, 2.45) is 11.3 Å². The van der Waals surface area contributed by atoms with Gasteiger partial charge in [0.15, 0.2) is 0 Å². The molecule has 1 aliphatic heterocycles. The third-order valence-electron chi connectivity index (χ3n) is 6.39. The Balaban J connectivity index is 1.46. The van der Waals surface area contributed by atoms with Gasteiger partial charge in [-0.1, -0.05) is 31.2 Å². The van der Waals surface area contributed by atoms with E-state index in [2.05, 4.69) is 4.98 Å². The van der Waals surface area contributed by atoms with Gasteiger partial charge >= 0.3 is 0 Å². The smallest absolute Gasteiger partial charge is 0.291 e. The van der Waals surface area contributed by atoms with Crippen molar-refractivity contribution in [3.8, 4) is 11.3 Å². The molecule has 0 radical (unpaired) electrons. The second kappa shape index (κ2) is 5.40. The standard InChI is InChI=1S/C21H23F2N3O/c1-13-17(26-12-25(11-14-3-4-14)19(27)18(26)24-13)15-5-7-16(8-6-15)21(22,23)20(2)9-10-20/h5-8,14H,3-4,9-12H2,1-2H3. The lowest BCUT2D eigenvalue weighted by molar-refractivity contribution is -0.0724. The van der Waals surface area contributed by atoms with Gasteiger partial charge in [0.1, 0.15) is 0 Å². The molecule has 3 aliphatic rings. The van der Waals surface area contributed by atoms with Crippen molar-refractivity contribution < 1.29 is 13.6 Å². The molecule has 142 valence electrons. The van der Waals surface area contributed by atoms with E-state index in [0.717, 1.165) is 23.5 Å². The highest BCUT2D eigenvalue weighted by atomic mass is 19.3. The van der Waals surface area contributed by atoms with Crippen LogP contribution in [0.25, 0.3) is 11.3 Å². The minimum absolute atomic E-state index is 0.0268. The number of imidazole rings is 1. The largest absolute Gasteiger partial charge is 0.318 e. The number of aromatic nitrogens is 2. The first-order valence-electron chi connectivity index (χ1n) is 9.65. The molecule has 2 aromatic rings. The number of fused-ring (bicyclic) bond motifs is 1. The van der Waals surface area contributed by atoms with Gasteiger partial charge in [-0.15, -0.1) is 0 Å². The second-order valence-electron chi connectivity index (χ2n) is 8.62. The second-order valence-corrected chi connectivity index (χ2v) is 8.62. The summed E-state index contributed by atoms with van der Waals surface area (Å²) in [6, 6.07) is 6.52. The van der Waals surface area contributed by atoms with Crippen LogP contribution in [0.3, 0.4) is 0 Å². The third kappa shape index (κ3) is 2.52. The van der Waals surface area contributed by atoms with Crippen molar-refractivity contribution in [2.75, 3.05) is 6.54 Å². The molecule has 2 heterocycles. The molecule has 0 N–H and O–H groups in total. The topological polar surface area (TPSA) is 38.1 Å². The molecule has 2 aliphatic carbocycles. The van der Waals surface area contributed by atoms with Gasteiger partial charge in [0.2, 0.25) is 5.82 Å². The maximum Gasteiger partial charge on any atom is 0.291 e. The van der Waals surface area contributed by atoms with Crippen LogP contribution in [0.5, 0.6) is 0 Å². The molecule has 6 heteroatoms. The van der Waals surface area contributed by atoms with Crippen LogP contribution >= 0.6 is 0 Å². The first kappa shape index (κ1) is 16.9. The highest BCUT2D eigenvalue weighted by Crippen LogP contribution is 2.61. The lowest BCUT2D eigenvalue weighted by Gasteiger charge is -2.23. The van der Waals surface area contributed by atoms with Gasteiger partial charge in [0.05, 0.1) is 18.1 Å². The summed E-state index contributed by atoms with van der Waals surface area (Å²) >= 11 is 0. The van der Waals surface area contributed by atoms with Crippen LogP contribution in [-0.2, 0) is 12.6 Å². The maximum absolute atomic E-state index is 14.7. The van der Waals surface area contributed by atoms with Crippen LogP contribution in [-0.4, -0.2) is 26.9 Å². The number of benzene rings is 1. The van der Waals surface area contributed by atoms with Gasteiger partial charge in [-0.25, -0.2) is 13.8 Å². The molecule has 0 unspecified atom stereocenters. The summed E-state index contributed by atoms with van der Waals surface area (Å²) in [6.07, 6.45) is 3.50. The summed E-state index contributed by atoms with van der Waals surface area (Å²) in [6.45, 7) is 4.79. The van der Waals surface area contributed by atoms with E-state index in [1.165, 1.54) is 25.0 Å². The summed E-state index contributed by atoms with van der Waals surface area (Å²) < 4.78 is 31.2. The lowest BCUT2D eigenvalue weighted by Crippen LogP contribution is -2.27. The van der Waals surface area contributed by atoms with Crippen molar-refractivity contribution in [2.45, 2.75) is 52.1 Å². The SMILES string of the molecule is Cc1nc2n(c1-c1ccc(C(F)(F)C3(C)CC3)cc1)CN(CC1CC1)C2=O. The van der Waals surface area contributed by atoms with Crippen molar-refractivity contribution in [3.05, 3.63) is 41.3 Å². The summed E-state index contributed by atoms with van der Waals surface area (Å²) in [5.74, 6) is -1.76. The first-order valence-corrected chi connectivity index (χ1v) is 9.65. The summed E-state index contributed by atoms with van der Waals surface area (Å²) in [4.78, 5) is 18.9. The zero-order valence-electron chi connectivity index (χ0n) is 15.6. The van der Waals surface area contributed by atoms with Gasteiger partial charge in [-0.3, -0.25) is 4.79 Å². The predicted octanol–water partition coefficient (Wildman–Crippen LogP) is 4.57. The molecule has 0 spiro atoms. The number of carbonyl (C=O) groups excluding carboxylic acids is 1. The highest BCUT2D eigenvalue weighted by molar-refractivity contribution is 5.94. The van der Waals surface area contributed by atoms with Crippen molar-refractivity contribution in [1.29, 1.82) is 0 Å². The summed E-state index contributed by atoms with van der Waals surface area (Å²) in [7, 11) is 0. The average Bonchev–Trinajstić information content (AvgIpc) is 3.54. The zero-order valence-corrected chi connectivity index (χ0v) is 15.6. The number of amides is 1. The molecule has 0 saturated heterocycles. The quantitative estimate of drug-likeness (QED) is 0.772. The van der Waals surface area contributed by atoms with E-state index in [1.54, 1.807) is 19.1 Å². The van der Waals surface area contributed by atoms with E-state index in [0.29, 0.717) is 31.3 Å². The Bertz CT molecular complexity index is 924. The van der Waals surface area contributed by atoms with Gasteiger partial charge in [-0.2, -0.15) is 0 Å². The fourth-order valence-electron chi connectivity index (χ4n) is 4.06. The molecule has 27 heavy (non-hydrogen) atoms. The Hall–Kier alpha value is -2.24. The molecule has 2 fully saturated rings. The number of rotatable bonds is 5. The highest BCUT2D eigenvalue weighted by Gasteiger charge is 2.59. The van der Waals surface area contributed by atoms with Crippen LogP contribution < -0.4 is 0 Å². The fraction of sp³-hybridized carbons (Fsp3) is 0.524. The number of halogens is 2. The number of hydrogen-bond acceptors (Lipinski definition) is 2. The number of hydrogen-bond donors (Lipinski definition) is 0. The van der Waals surface area contributed by atoms with Crippen molar-refractivity contribution >= 4 is 5.91 Å². The van der Waals surface area contributed by atoms with Gasteiger partial charge in [0.25, 0.3) is 11.8 Å². The summed E-state index contributed by atoms with van der Waals surface area (Å²) in [5.41, 5.74) is 1.60. The van der Waals surface area contributed by atoms with Crippen LogP contribution in [0.2, 0.25) is 0 Å². The molecule has 5 rings (SSSR count). The van der Waals surface area contributed by atoms with Crippen molar-refractivity contribution in [3.63, 3.8) is 0 Å². The van der Waals surface area contributed by atoms with E-state index in [1.807, 2.05) is 16.4 Å². The average molecular weight is 371 g/mol. The Morgan fingerprint density at radius 3 is 2.48 bits per heavy atom. The van der Waals surface area contributed by atoms with E-state index < -0.39 is 11.3 Å². The minimum Gasteiger partial charge on any atom is -0.318 e. The van der Waals surface area contributed by atoms with Crippen LogP contribution in [0, 0.1) is 18.3 Å².